The van der Waals surface area contributed by atoms with E-state index in [1.165, 1.54) is 0 Å². The van der Waals surface area contributed by atoms with Gasteiger partial charge in [-0.1, -0.05) is 12.2 Å². The number of amides is 1. The minimum atomic E-state index is -0.566. The molecule has 2 aliphatic carbocycles. The molecule has 34 heavy (non-hydrogen) atoms. The minimum Gasteiger partial charge on any atom is -0.369 e. The number of nitrogens with two attached hydrogens (primary N) is 1. The summed E-state index contributed by atoms with van der Waals surface area (Å²) in [5.41, 5.74) is 12.0. The lowest BCUT2D eigenvalue weighted by Gasteiger charge is -2.33. The molecular weight excluding hydrogens is 435 g/mol. The standard InChI is InChI=1S/C24H31FN8O/c1-14-11-17(5-6-19(14)31-33-9-7-32(2)8-10-33)28-24-27-13-18(25)23(30-24)29-21-16-4-3-15(12-16)20(21)22(26)34/h3-6,11,13,15-16,20-21,31H,7-10,12H2,1-2H3,(H2,26,34)(H2,27,28,29,30). The van der Waals surface area contributed by atoms with Crippen LogP contribution in [0.5, 0.6) is 0 Å². The third-order valence-corrected chi connectivity index (χ3v) is 7.10. The van der Waals surface area contributed by atoms with Crippen molar-refractivity contribution in [1.29, 1.82) is 0 Å². The summed E-state index contributed by atoms with van der Waals surface area (Å²) in [4.78, 5) is 22.7. The van der Waals surface area contributed by atoms with Crippen LogP contribution in [0.4, 0.5) is 27.5 Å². The molecule has 4 unspecified atom stereocenters. The first-order chi connectivity index (χ1) is 16.4. The number of hydrogen-bond acceptors (Lipinski definition) is 8. The van der Waals surface area contributed by atoms with Gasteiger partial charge in [0.25, 0.3) is 0 Å². The van der Waals surface area contributed by atoms with Gasteiger partial charge in [0.15, 0.2) is 11.6 Å². The maximum Gasteiger partial charge on any atom is 0.229 e. The molecule has 0 spiro atoms. The molecule has 4 atom stereocenters. The Morgan fingerprint density at radius 1 is 1.18 bits per heavy atom. The molecule has 1 saturated heterocycles. The number of allylic oxidation sites excluding steroid dienone is 1. The van der Waals surface area contributed by atoms with Gasteiger partial charge in [-0.3, -0.25) is 4.79 Å². The van der Waals surface area contributed by atoms with Crippen LogP contribution >= 0.6 is 0 Å². The Labute approximate surface area is 198 Å². The number of rotatable bonds is 7. The molecule has 5 N–H and O–H groups in total. The van der Waals surface area contributed by atoms with Crippen molar-refractivity contribution in [3.8, 4) is 0 Å². The Kier molecular flexibility index (Phi) is 6.09. The van der Waals surface area contributed by atoms with E-state index in [2.05, 4.69) is 49.1 Å². The number of benzene rings is 1. The van der Waals surface area contributed by atoms with Gasteiger partial charge in [-0.25, -0.2) is 14.4 Å². The van der Waals surface area contributed by atoms with Crippen molar-refractivity contribution in [3.63, 3.8) is 0 Å². The highest BCUT2D eigenvalue weighted by molar-refractivity contribution is 5.79. The molecule has 2 aromatic rings. The molecule has 2 heterocycles. The van der Waals surface area contributed by atoms with Crippen molar-refractivity contribution in [2.75, 3.05) is 49.3 Å². The van der Waals surface area contributed by atoms with E-state index >= 15 is 0 Å². The molecule has 2 fully saturated rings. The zero-order valence-electron chi connectivity index (χ0n) is 19.5. The molecule has 3 aliphatic rings. The third kappa shape index (κ3) is 4.55. The summed E-state index contributed by atoms with van der Waals surface area (Å²) >= 11 is 0. The first-order valence-electron chi connectivity index (χ1n) is 11.7. The van der Waals surface area contributed by atoms with Crippen LogP contribution in [-0.2, 0) is 4.79 Å². The van der Waals surface area contributed by atoms with E-state index in [0.29, 0.717) is 0 Å². The molecule has 1 saturated carbocycles. The van der Waals surface area contributed by atoms with Gasteiger partial charge in [0.2, 0.25) is 11.9 Å². The topological polar surface area (TPSA) is 111 Å². The Morgan fingerprint density at radius 3 is 2.68 bits per heavy atom. The summed E-state index contributed by atoms with van der Waals surface area (Å²) in [6.07, 6.45) is 6.08. The van der Waals surface area contributed by atoms with Crippen LogP contribution in [0.25, 0.3) is 0 Å². The van der Waals surface area contributed by atoms with Crippen LogP contribution in [0.3, 0.4) is 0 Å². The average Bonchev–Trinajstić information content (AvgIpc) is 3.41. The second-order valence-corrected chi connectivity index (χ2v) is 9.49. The van der Waals surface area contributed by atoms with Crippen molar-refractivity contribution in [3.05, 3.63) is 47.9 Å². The highest BCUT2D eigenvalue weighted by atomic mass is 19.1. The predicted octanol–water partition coefficient (Wildman–Crippen LogP) is 2.33. The van der Waals surface area contributed by atoms with Crippen molar-refractivity contribution in [2.24, 2.45) is 23.5 Å². The summed E-state index contributed by atoms with van der Waals surface area (Å²) in [5, 5.41) is 8.51. The van der Waals surface area contributed by atoms with Gasteiger partial charge in [-0.05, 0) is 56.0 Å². The molecule has 5 rings (SSSR count). The predicted molar refractivity (Wildman–Crippen MR) is 130 cm³/mol. The van der Waals surface area contributed by atoms with Crippen molar-refractivity contribution >= 4 is 29.0 Å². The molecule has 2 bridgehead atoms. The number of hydrazine groups is 1. The zero-order chi connectivity index (χ0) is 23.8. The van der Waals surface area contributed by atoms with Gasteiger partial charge in [-0.2, -0.15) is 4.98 Å². The second kappa shape index (κ2) is 9.19. The van der Waals surface area contributed by atoms with E-state index in [-0.39, 0.29) is 41.5 Å². The Balaban J connectivity index is 1.27. The number of aryl methyl sites for hydroxylation is 1. The first kappa shape index (κ1) is 22.5. The van der Waals surface area contributed by atoms with Gasteiger partial charge < -0.3 is 26.7 Å². The van der Waals surface area contributed by atoms with Crippen molar-refractivity contribution in [2.45, 2.75) is 19.4 Å². The van der Waals surface area contributed by atoms with Crippen LogP contribution in [0.2, 0.25) is 0 Å². The fourth-order valence-corrected chi connectivity index (χ4v) is 5.18. The summed E-state index contributed by atoms with van der Waals surface area (Å²) in [6.45, 7) is 6.02. The van der Waals surface area contributed by atoms with Crippen LogP contribution in [-0.4, -0.2) is 65.1 Å². The van der Waals surface area contributed by atoms with Gasteiger partial charge in [0, 0.05) is 37.9 Å². The maximum atomic E-state index is 14.5. The van der Waals surface area contributed by atoms with Gasteiger partial charge in [0.1, 0.15) is 0 Å². The van der Waals surface area contributed by atoms with Crippen molar-refractivity contribution in [1.82, 2.24) is 19.9 Å². The van der Waals surface area contributed by atoms with Gasteiger partial charge in [0.05, 0.1) is 17.8 Å². The molecule has 9 nitrogen and oxygen atoms in total. The number of hydrogen-bond donors (Lipinski definition) is 4. The first-order valence-corrected chi connectivity index (χ1v) is 11.7. The molecule has 10 heteroatoms. The number of fused-ring (bicyclic) bond motifs is 2. The second-order valence-electron chi connectivity index (χ2n) is 9.49. The molecule has 180 valence electrons. The van der Waals surface area contributed by atoms with Crippen LogP contribution < -0.4 is 21.8 Å². The highest BCUT2D eigenvalue weighted by Crippen LogP contribution is 2.44. The molecule has 1 aliphatic heterocycles. The summed E-state index contributed by atoms with van der Waals surface area (Å²) in [5.74, 6) is -0.730. The molecule has 1 amide bonds. The lowest BCUT2D eigenvalue weighted by molar-refractivity contribution is -0.122. The molecule has 1 aromatic heterocycles. The number of piperazine rings is 1. The van der Waals surface area contributed by atoms with Gasteiger partial charge >= 0.3 is 0 Å². The van der Waals surface area contributed by atoms with Crippen LogP contribution in [0.1, 0.15) is 12.0 Å². The number of aromatic nitrogens is 2. The van der Waals surface area contributed by atoms with E-state index < -0.39 is 5.82 Å². The number of nitrogens with zero attached hydrogens (tertiary/aromatic N) is 4. The van der Waals surface area contributed by atoms with E-state index in [4.69, 9.17) is 5.73 Å². The molecule has 1 aromatic carbocycles. The number of halogens is 1. The number of nitrogens with one attached hydrogen (secondary N) is 3. The van der Waals surface area contributed by atoms with Gasteiger partial charge in [-0.15, -0.1) is 0 Å². The average molecular weight is 467 g/mol. The van der Waals surface area contributed by atoms with E-state index in [0.717, 1.165) is 55.7 Å². The van der Waals surface area contributed by atoms with Crippen LogP contribution in [0.15, 0.2) is 36.5 Å². The number of primary amides is 1. The number of anilines is 4. The zero-order valence-corrected chi connectivity index (χ0v) is 19.5. The molecule has 0 radical (unpaired) electrons. The quantitative estimate of drug-likeness (QED) is 0.460. The van der Waals surface area contributed by atoms with Crippen molar-refractivity contribution < 1.29 is 9.18 Å². The number of likely N-dealkylation sites (N-methyl/N-ethyl adjacent to an activating group) is 1. The number of carbonyl (C=O) groups is 1. The SMILES string of the molecule is Cc1cc(Nc2ncc(F)c(NC3C4C=CC(C4)C3C(N)=O)n2)ccc1NN1CCN(C)CC1. The fraction of sp³-hybridized carbons (Fsp3) is 0.458. The lowest BCUT2D eigenvalue weighted by Crippen LogP contribution is -2.47. The molecular formula is C24H31FN8O. The Hall–Kier alpha value is -3.24. The lowest BCUT2D eigenvalue weighted by atomic mass is 9.88. The minimum absolute atomic E-state index is 0.0692. The number of carbonyl (C=O) groups excluding carboxylic acids is 1. The van der Waals surface area contributed by atoms with Crippen LogP contribution in [0, 0.1) is 30.5 Å². The summed E-state index contributed by atoms with van der Waals surface area (Å²) in [7, 11) is 2.13. The Bertz CT molecular complexity index is 1100. The smallest absolute Gasteiger partial charge is 0.229 e. The van der Waals surface area contributed by atoms with E-state index in [9.17, 15) is 9.18 Å². The largest absolute Gasteiger partial charge is 0.369 e. The summed E-state index contributed by atoms with van der Waals surface area (Å²) < 4.78 is 14.5. The fourth-order valence-electron chi connectivity index (χ4n) is 5.18. The normalized spacial score (nSPS) is 26.6. The summed E-state index contributed by atoms with van der Waals surface area (Å²) in [6, 6.07) is 5.68. The maximum absolute atomic E-state index is 14.5. The highest BCUT2D eigenvalue weighted by Gasteiger charge is 2.47. The van der Waals surface area contributed by atoms with E-state index in [1.807, 2.05) is 31.2 Å². The van der Waals surface area contributed by atoms with E-state index in [1.54, 1.807) is 0 Å². The third-order valence-electron chi connectivity index (χ3n) is 7.10. The Morgan fingerprint density at radius 2 is 1.94 bits per heavy atom. The monoisotopic (exact) mass is 466 g/mol.